The fraction of sp³-hybridized carbons (Fsp3) is 0.167. The molecule has 9 nitrogen and oxygen atoms in total. The average Bonchev–Trinajstić information content (AvgIpc) is 3.25. The number of rotatable bonds is 6. The van der Waals surface area contributed by atoms with E-state index in [4.69, 9.17) is 8.94 Å². The zero-order valence-electron chi connectivity index (χ0n) is 15.1. The van der Waals surface area contributed by atoms with Crippen molar-refractivity contribution >= 4 is 42.7 Å². The van der Waals surface area contributed by atoms with Gasteiger partial charge >= 0.3 is 5.76 Å². The number of oxazole rings is 1. The van der Waals surface area contributed by atoms with Crippen molar-refractivity contribution in [2.75, 3.05) is 4.72 Å². The Morgan fingerprint density at radius 1 is 1.21 bits per heavy atom. The van der Waals surface area contributed by atoms with Crippen LogP contribution in [0.15, 0.2) is 65.6 Å². The van der Waals surface area contributed by atoms with Crippen LogP contribution in [0.1, 0.15) is 18.6 Å². The van der Waals surface area contributed by atoms with Crippen molar-refractivity contribution in [3.63, 3.8) is 0 Å². The molecule has 4 aromatic rings. The summed E-state index contributed by atoms with van der Waals surface area (Å²) in [5, 5.41) is 3.82. The second-order valence-corrected chi connectivity index (χ2v) is 8.76. The van der Waals surface area contributed by atoms with Gasteiger partial charge in [0.1, 0.15) is 0 Å². The van der Waals surface area contributed by atoms with E-state index in [0.717, 1.165) is 4.47 Å². The molecule has 11 heteroatoms. The van der Waals surface area contributed by atoms with Crippen LogP contribution in [0.3, 0.4) is 0 Å². The summed E-state index contributed by atoms with van der Waals surface area (Å²) in [6.07, 6.45) is 0.584. The molecule has 1 N–H and O–H groups in total. The van der Waals surface area contributed by atoms with E-state index in [0.29, 0.717) is 29.3 Å². The van der Waals surface area contributed by atoms with Crippen LogP contribution in [0, 0.1) is 0 Å². The molecule has 0 saturated heterocycles. The van der Waals surface area contributed by atoms with Crippen LogP contribution in [0.25, 0.3) is 11.1 Å². The van der Waals surface area contributed by atoms with Gasteiger partial charge in [0, 0.05) is 22.6 Å². The highest BCUT2D eigenvalue weighted by atomic mass is 79.9. The van der Waals surface area contributed by atoms with Crippen molar-refractivity contribution in [1.82, 2.24) is 14.7 Å². The van der Waals surface area contributed by atoms with Crippen molar-refractivity contribution in [2.24, 2.45) is 0 Å². The Balaban J connectivity index is 1.67. The van der Waals surface area contributed by atoms with Gasteiger partial charge in [-0.05, 0) is 30.3 Å². The lowest BCUT2D eigenvalue weighted by atomic mass is 10.3. The first-order valence-corrected chi connectivity index (χ1v) is 10.9. The maximum atomic E-state index is 12.7. The highest BCUT2D eigenvalue weighted by molar-refractivity contribution is 9.10. The van der Waals surface area contributed by atoms with Crippen molar-refractivity contribution in [1.29, 1.82) is 0 Å². The summed E-state index contributed by atoms with van der Waals surface area (Å²) in [7, 11) is -3.87. The third-order valence-electron chi connectivity index (χ3n) is 4.14. The summed E-state index contributed by atoms with van der Waals surface area (Å²) in [6.45, 7) is 1.93. The summed E-state index contributed by atoms with van der Waals surface area (Å²) in [6, 6.07) is 11.0. The van der Waals surface area contributed by atoms with E-state index in [1.165, 1.54) is 22.8 Å². The van der Waals surface area contributed by atoms with E-state index in [1.807, 2.05) is 6.92 Å². The van der Waals surface area contributed by atoms with Gasteiger partial charge in [0.2, 0.25) is 5.89 Å². The monoisotopic (exact) mass is 478 g/mol. The number of fused-ring (bicyclic) bond motifs is 1. The fourth-order valence-corrected chi connectivity index (χ4v) is 4.23. The Morgan fingerprint density at radius 2 is 2.03 bits per heavy atom. The van der Waals surface area contributed by atoms with Gasteiger partial charge in [-0.15, -0.1) is 0 Å². The first kappa shape index (κ1) is 19.4. The second-order valence-electron chi connectivity index (χ2n) is 6.16. The maximum absolute atomic E-state index is 12.7. The summed E-state index contributed by atoms with van der Waals surface area (Å²) < 4.78 is 40.2. The number of sulfonamides is 1. The molecule has 0 unspecified atom stereocenters. The van der Waals surface area contributed by atoms with Gasteiger partial charge in [-0.25, -0.2) is 13.2 Å². The van der Waals surface area contributed by atoms with E-state index in [2.05, 4.69) is 30.8 Å². The number of benzene rings is 2. The van der Waals surface area contributed by atoms with Crippen LogP contribution in [-0.4, -0.2) is 23.1 Å². The lowest BCUT2D eigenvalue weighted by Crippen LogP contribution is -2.15. The molecule has 0 aliphatic heterocycles. The number of nitrogens with zero attached hydrogens (tertiary/aromatic N) is 3. The molecule has 0 aliphatic carbocycles. The van der Waals surface area contributed by atoms with Gasteiger partial charge < -0.3 is 8.94 Å². The van der Waals surface area contributed by atoms with Crippen molar-refractivity contribution in [3.05, 3.63) is 69.2 Å². The molecule has 0 radical (unpaired) electrons. The largest absolute Gasteiger partial charge is 0.420 e. The van der Waals surface area contributed by atoms with Gasteiger partial charge in [0.15, 0.2) is 11.4 Å². The highest BCUT2D eigenvalue weighted by Crippen LogP contribution is 2.23. The predicted molar refractivity (Wildman–Crippen MR) is 108 cm³/mol. The van der Waals surface area contributed by atoms with Crippen molar-refractivity contribution in [2.45, 2.75) is 24.8 Å². The number of halogens is 1. The van der Waals surface area contributed by atoms with Crippen LogP contribution in [0.2, 0.25) is 0 Å². The minimum absolute atomic E-state index is 0.0290. The molecular formula is C18H15BrN4O5S. The van der Waals surface area contributed by atoms with Crippen molar-refractivity contribution < 1.29 is 17.4 Å². The fourth-order valence-electron chi connectivity index (χ4n) is 2.77. The van der Waals surface area contributed by atoms with Gasteiger partial charge in [-0.3, -0.25) is 9.29 Å². The lowest BCUT2D eigenvalue weighted by molar-refractivity contribution is 0.375. The molecule has 0 spiro atoms. The molecule has 0 fully saturated rings. The smallest absolute Gasteiger partial charge is 0.408 e. The molecule has 0 aliphatic rings. The first-order chi connectivity index (χ1) is 13.9. The summed E-state index contributed by atoms with van der Waals surface area (Å²) in [5.41, 5.74) is 0.980. The van der Waals surface area contributed by atoms with Gasteiger partial charge in [-0.1, -0.05) is 34.1 Å². The maximum Gasteiger partial charge on any atom is 0.420 e. The van der Waals surface area contributed by atoms with Crippen LogP contribution in [0.5, 0.6) is 0 Å². The number of aromatic nitrogens is 3. The molecule has 2 aromatic carbocycles. The molecule has 0 amide bonds. The zero-order valence-corrected chi connectivity index (χ0v) is 17.5. The average molecular weight is 479 g/mol. The Labute approximate surface area is 173 Å². The molecule has 29 heavy (non-hydrogen) atoms. The number of anilines is 1. The molecule has 2 aromatic heterocycles. The van der Waals surface area contributed by atoms with Crippen LogP contribution >= 0.6 is 15.9 Å². The van der Waals surface area contributed by atoms with E-state index in [1.54, 1.807) is 24.3 Å². The number of hydrogen-bond donors (Lipinski definition) is 1. The van der Waals surface area contributed by atoms with Crippen molar-refractivity contribution in [3.8, 4) is 0 Å². The minimum Gasteiger partial charge on any atom is -0.408 e. The molecule has 0 bridgehead atoms. The Hall–Kier alpha value is -2.92. The SMILES string of the molecule is CCc1nc(Cn2c(=O)oc3cc(S(=O)(=O)Nc4cccc(Br)c4)ccc32)no1. The summed E-state index contributed by atoms with van der Waals surface area (Å²) in [4.78, 5) is 16.4. The number of aryl methyl sites for hydroxylation is 1. The van der Waals surface area contributed by atoms with E-state index in [-0.39, 0.29) is 17.0 Å². The molecule has 2 heterocycles. The molecule has 150 valence electrons. The molecule has 0 saturated carbocycles. The van der Waals surface area contributed by atoms with Gasteiger partial charge in [0.05, 0.1) is 17.0 Å². The third kappa shape index (κ3) is 3.96. The first-order valence-electron chi connectivity index (χ1n) is 8.59. The molecule has 4 rings (SSSR count). The summed E-state index contributed by atoms with van der Waals surface area (Å²) >= 11 is 3.30. The molecular weight excluding hydrogens is 464 g/mol. The topological polar surface area (TPSA) is 120 Å². The van der Waals surface area contributed by atoms with Crippen LogP contribution in [0.4, 0.5) is 5.69 Å². The Morgan fingerprint density at radius 3 is 2.76 bits per heavy atom. The van der Waals surface area contributed by atoms with E-state index in [9.17, 15) is 13.2 Å². The van der Waals surface area contributed by atoms with E-state index < -0.39 is 15.8 Å². The number of hydrogen-bond acceptors (Lipinski definition) is 7. The predicted octanol–water partition coefficient (Wildman–Crippen LogP) is 3.15. The van der Waals surface area contributed by atoms with Gasteiger partial charge in [-0.2, -0.15) is 4.98 Å². The zero-order chi connectivity index (χ0) is 20.6. The van der Waals surface area contributed by atoms with Gasteiger partial charge in [0.25, 0.3) is 10.0 Å². The highest BCUT2D eigenvalue weighted by Gasteiger charge is 2.19. The Bertz CT molecular complexity index is 1360. The number of nitrogens with one attached hydrogen (secondary N) is 1. The van der Waals surface area contributed by atoms with Crippen LogP contribution < -0.4 is 10.5 Å². The second kappa shape index (κ2) is 7.48. The quantitative estimate of drug-likeness (QED) is 0.451. The standard InChI is InChI=1S/C18H15BrN4O5S/c1-2-17-20-16(21-28-17)10-23-14-7-6-13(9-15(14)27-18(23)24)29(25,26)22-12-5-3-4-11(19)8-12/h3-9,22H,2,10H2,1H3. The molecule has 0 atom stereocenters. The Kier molecular flexibility index (Phi) is 5.01. The third-order valence-corrected chi connectivity index (χ3v) is 6.01. The normalized spacial score (nSPS) is 11.8. The van der Waals surface area contributed by atoms with E-state index >= 15 is 0 Å². The lowest BCUT2D eigenvalue weighted by Gasteiger charge is -2.08. The van der Waals surface area contributed by atoms with Crippen LogP contribution in [-0.2, 0) is 23.0 Å². The summed E-state index contributed by atoms with van der Waals surface area (Å²) in [5.74, 6) is 0.157. The minimum atomic E-state index is -3.87.